The van der Waals surface area contributed by atoms with Crippen molar-refractivity contribution < 1.29 is 9.59 Å². The molecule has 3 fully saturated rings. The summed E-state index contributed by atoms with van der Waals surface area (Å²) >= 11 is 12.2. The van der Waals surface area contributed by atoms with Crippen molar-refractivity contribution >= 4 is 35.0 Å². The van der Waals surface area contributed by atoms with Gasteiger partial charge in [-0.2, -0.15) is 0 Å². The van der Waals surface area contributed by atoms with Gasteiger partial charge in [-0.1, -0.05) is 43.1 Å². The fourth-order valence-corrected chi connectivity index (χ4v) is 8.96. The van der Waals surface area contributed by atoms with E-state index in [4.69, 9.17) is 23.2 Å². The SMILES string of the molecule is CN1C(=O)C=C[C@]2(C)[C@H]3CC[C@]4(C)[C@@H](CC(=O)NCc5cc(Cl)cc(Cl)c5)CC[C@H]4[C@@H]3CC[C@@H]12. The first-order chi connectivity index (χ1) is 16.1. The van der Waals surface area contributed by atoms with Crippen molar-refractivity contribution in [3.63, 3.8) is 0 Å². The van der Waals surface area contributed by atoms with E-state index < -0.39 is 0 Å². The monoisotopic (exact) mass is 502 g/mol. The van der Waals surface area contributed by atoms with Gasteiger partial charge in [0.2, 0.25) is 11.8 Å². The molecule has 4 aliphatic rings. The van der Waals surface area contributed by atoms with Crippen LogP contribution in [0.2, 0.25) is 10.0 Å². The van der Waals surface area contributed by atoms with Gasteiger partial charge >= 0.3 is 0 Å². The van der Waals surface area contributed by atoms with Crippen LogP contribution in [-0.4, -0.2) is 29.8 Å². The summed E-state index contributed by atoms with van der Waals surface area (Å²) in [5.74, 6) is 2.68. The highest BCUT2D eigenvalue weighted by Crippen LogP contribution is 2.65. The van der Waals surface area contributed by atoms with E-state index in [2.05, 4.69) is 25.2 Å². The normalized spacial score (nSPS) is 38.8. The van der Waals surface area contributed by atoms with Crippen molar-refractivity contribution in [3.05, 3.63) is 46.0 Å². The van der Waals surface area contributed by atoms with Gasteiger partial charge in [0, 0.05) is 41.5 Å². The molecule has 1 aromatic carbocycles. The molecule has 0 saturated heterocycles. The Labute approximate surface area is 213 Å². The Morgan fingerprint density at radius 1 is 1.06 bits per heavy atom. The molecule has 0 radical (unpaired) electrons. The quantitative estimate of drug-likeness (QED) is 0.528. The second-order valence-corrected chi connectivity index (χ2v) is 12.6. The second kappa shape index (κ2) is 8.85. The summed E-state index contributed by atoms with van der Waals surface area (Å²) in [6.07, 6.45) is 11.6. The first-order valence-corrected chi connectivity index (χ1v) is 13.5. The van der Waals surface area contributed by atoms with Crippen molar-refractivity contribution in [1.82, 2.24) is 10.2 Å². The number of hydrogen-bond donors (Lipinski definition) is 1. The number of halogens is 2. The van der Waals surface area contributed by atoms with E-state index >= 15 is 0 Å². The Balaban J connectivity index is 1.26. The minimum Gasteiger partial charge on any atom is -0.352 e. The molecule has 1 aromatic rings. The largest absolute Gasteiger partial charge is 0.352 e. The summed E-state index contributed by atoms with van der Waals surface area (Å²) in [5, 5.41) is 4.28. The van der Waals surface area contributed by atoms with Crippen LogP contribution in [0.1, 0.15) is 64.4 Å². The minimum atomic E-state index is 0.0700. The number of carbonyl (C=O) groups is 2. The molecular formula is C28H36Cl2N2O2. The van der Waals surface area contributed by atoms with Gasteiger partial charge in [0.1, 0.15) is 0 Å². The van der Waals surface area contributed by atoms with Crippen LogP contribution in [0, 0.1) is 34.5 Å². The predicted molar refractivity (Wildman–Crippen MR) is 136 cm³/mol. The van der Waals surface area contributed by atoms with Crippen LogP contribution in [0.15, 0.2) is 30.4 Å². The fourth-order valence-electron chi connectivity index (χ4n) is 8.39. The summed E-state index contributed by atoms with van der Waals surface area (Å²) < 4.78 is 0. The number of fused-ring (bicyclic) bond motifs is 5. The van der Waals surface area contributed by atoms with E-state index in [9.17, 15) is 9.59 Å². The zero-order valence-electron chi connectivity index (χ0n) is 20.4. The van der Waals surface area contributed by atoms with E-state index in [-0.39, 0.29) is 22.6 Å². The van der Waals surface area contributed by atoms with Gasteiger partial charge in [-0.15, -0.1) is 0 Å². The zero-order valence-corrected chi connectivity index (χ0v) is 22.0. The summed E-state index contributed by atoms with van der Waals surface area (Å²) in [7, 11) is 1.98. The highest BCUT2D eigenvalue weighted by Gasteiger charge is 2.60. The van der Waals surface area contributed by atoms with Crippen molar-refractivity contribution in [1.29, 1.82) is 0 Å². The van der Waals surface area contributed by atoms with Gasteiger partial charge < -0.3 is 10.2 Å². The molecule has 0 spiro atoms. The maximum absolute atomic E-state index is 12.9. The lowest BCUT2D eigenvalue weighted by atomic mass is 9.47. The molecule has 0 bridgehead atoms. The maximum atomic E-state index is 12.9. The van der Waals surface area contributed by atoms with Crippen molar-refractivity contribution in [3.8, 4) is 0 Å². The van der Waals surface area contributed by atoms with Gasteiger partial charge in [-0.25, -0.2) is 0 Å². The molecule has 34 heavy (non-hydrogen) atoms. The molecular weight excluding hydrogens is 467 g/mol. The molecule has 4 nitrogen and oxygen atoms in total. The summed E-state index contributed by atoms with van der Waals surface area (Å²) in [5.41, 5.74) is 1.22. The van der Waals surface area contributed by atoms with Crippen LogP contribution in [0.25, 0.3) is 0 Å². The molecule has 0 aromatic heterocycles. The van der Waals surface area contributed by atoms with E-state index in [1.54, 1.807) is 6.07 Å². The topological polar surface area (TPSA) is 49.4 Å². The van der Waals surface area contributed by atoms with Crippen molar-refractivity contribution in [2.45, 2.75) is 71.4 Å². The van der Waals surface area contributed by atoms with Crippen LogP contribution in [0.4, 0.5) is 0 Å². The molecule has 2 amide bonds. The average molecular weight is 504 g/mol. The smallest absolute Gasteiger partial charge is 0.246 e. The predicted octanol–water partition coefficient (Wildman–Crippen LogP) is 6.26. The molecule has 6 heteroatoms. The molecule has 3 aliphatic carbocycles. The van der Waals surface area contributed by atoms with Crippen LogP contribution in [-0.2, 0) is 16.1 Å². The molecule has 1 heterocycles. The van der Waals surface area contributed by atoms with Crippen LogP contribution >= 0.6 is 23.2 Å². The molecule has 5 rings (SSSR count). The van der Waals surface area contributed by atoms with Crippen molar-refractivity contribution in [2.75, 3.05) is 7.05 Å². The number of amides is 2. The van der Waals surface area contributed by atoms with Crippen LogP contribution in [0.5, 0.6) is 0 Å². The van der Waals surface area contributed by atoms with Gasteiger partial charge in [0.15, 0.2) is 0 Å². The number of likely N-dealkylation sites (N-methyl/N-ethyl adjacent to an activating group) is 1. The highest BCUT2D eigenvalue weighted by atomic mass is 35.5. The second-order valence-electron chi connectivity index (χ2n) is 11.7. The van der Waals surface area contributed by atoms with Crippen LogP contribution in [0.3, 0.4) is 0 Å². The third kappa shape index (κ3) is 3.99. The lowest BCUT2D eigenvalue weighted by molar-refractivity contribution is -0.139. The Kier molecular flexibility index (Phi) is 6.30. The Hall–Kier alpha value is -1.52. The molecule has 0 unspecified atom stereocenters. The van der Waals surface area contributed by atoms with Crippen LogP contribution < -0.4 is 5.32 Å². The summed E-state index contributed by atoms with van der Waals surface area (Å²) in [4.78, 5) is 27.2. The first kappa shape index (κ1) is 24.2. The van der Waals surface area contributed by atoms with Gasteiger partial charge in [0.25, 0.3) is 0 Å². The lowest BCUT2D eigenvalue weighted by Crippen LogP contribution is -2.59. The molecule has 1 N–H and O–H groups in total. The van der Waals surface area contributed by atoms with Gasteiger partial charge in [-0.05, 0) is 97.5 Å². The zero-order chi connectivity index (χ0) is 24.3. The molecule has 7 atom stereocenters. The molecule has 3 saturated carbocycles. The van der Waals surface area contributed by atoms with Crippen molar-refractivity contribution in [2.24, 2.45) is 34.5 Å². The van der Waals surface area contributed by atoms with E-state index in [1.807, 2.05) is 30.2 Å². The average Bonchev–Trinajstić information content (AvgIpc) is 3.11. The third-order valence-electron chi connectivity index (χ3n) is 10.2. The maximum Gasteiger partial charge on any atom is 0.246 e. The minimum absolute atomic E-state index is 0.0700. The molecule has 1 aliphatic heterocycles. The van der Waals surface area contributed by atoms with E-state index in [1.165, 1.54) is 25.7 Å². The third-order valence-corrected chi connectivity index (χ3v) is 10.6. The summed E-state index contributed by atoms with van der Waals surface area (Å²) in [6.45, 7) is 5.30. The number of rotatable bonds is 4. The van der Waals surface area contributed by atoms with E-state index in [0.717, 1.165) is 18.4 Å². The number of carbonyl (C=O) groups excluding carboxylic acids is 2. The fraction of sp³-hybridized carbons (Fsp3) is 0.643. The van der Waals surface area contributed by atoms with E-state index in [0.29, 0.717) is 52.7 Å². The Morgan fingerprint density at radius 3 is 2.53 bits per heavy atom. The number of nitrogens with zero attached hydrogens (tertiary/aromatic N) is 1. The Morgan fingerprint density at radius 2 is 1.79 bits per heavy atom. The Bertz CT molecular complexity index is 1010. The number of nitrogens with one attached hydrogen (secondary N) is 1. The molecule has 184 valence electrons. The first-order valence-electron chi connectivity index (χ1n) is 12.8. The highest BCUT2D eigenvalue weighted by molar-refractivity contribution is 6.34. The number of hydrogen-bond acceptors (Lipinski definition) is 2. The van der Waals surface area contributed by atoms with Gasteiger partial charge in [0.05, 0.1) is 0 Å². The van der Waals surface area contributed by atoms with Gasteiger partial charge in [-0.3, -0.25) is 9.59 Å². The lowest BCUT2D eigenvalue weighted by Gasteiger charge is -2.60. The summed E-state index contributed by atoms with van der Waals surface area (Å²) in [6, 6.07) is 5.73. The number of benzene rings is 1. The standard InChI is InChI=1S/C28H36Cl2N2O2/c1-27-10-8-23-21(5-7-24-28(23,2)11-9-26(34)32(24)3)22(27)6-4-18(27)14-25(33)31-16-17-12-19(29)15-20(30)13-17/h9,11-13,15,18,21-24H,4-8,10,14,16H2,1-3H3,(H,31,33)/t18-,21+,22+,23+,24-,27-,28-/m1/s1.